The Morgan fingerprint density at radius 3 is 2.71 bits per heavy atom. The Hall–Kier alpha value is -2.94. The van der Waals surface area contributed by atoms with E-state index in [0.29, 0.717) is 19.6 Å². The fraction of sp³-hybridized carbons (Fsp3) is 0.316. The number of aromatic nitrogens is 1. The number of alkyl halides is 3. The van der Waals surface area contributed by atoms with Gasteiger partial charge in [-0.1, -0.05) is 18.2 Å². The highest BCUT2D eigenvalue weighted by Gasteiger charge is 2.35. The Balaban J connectivity index is 1.69. The summed E-state index contributed by atoms with van der Waals surface area (Å²) in [6.45, 7) is 1.16. The summed E-state index contributed by atoms with van der Waals surface area (Å²) < 4.78 is 39.2. The van der Waals surface area contributed by atoms with Crippen LogP contribution in [0.3, 0.4) is 0 Å². The van der Waals surface area contributed by atoms with Gasteiger partial charge in [-0.05, 0) is 23.8 Å². The number of piperazine rings is 1. The summed E-state index contributed by atoms with van der Waals surface area (Å²) in [4.78, 5) is 30.5. The van der Waals surface area contributed by atoms with Crippen molar-refractivity contribution in [3.8, 4) is 0 Å². The van der Waals surface area contributed by atoms with Crippen molar-refractivity contribution >= 4 is 11.8 Å². The van der Waals surface area contributed by atoms with Crippen LogP contribution in [0.25, 0.3) is 0 Å². The lowest BCUT2D eigenvalue weighted by Crippen LogP contribution is -2.51. The van der Waals surface area contributed by atoms with Crippen LogP contribution in [-0.2, 0) is 11.0 Å². The summed E-state index contributed by atoms with van der Waals surface area (Å²) in [7, 11) is 0. The molecule has 2 amide bonds. The minimum Gasteiger partial charge on any atom is -0.343 e. The third-order valence-corrected chi connectivity index (χ3v) is 4.51. The molecule has 0 radical (unpaired) electrons. The van der Waals surface area contributed by atoms with Crippen molar-refractivity contribution < 1.29 is 22.8 Å². The van der Waals surface area contributed by atoms with E-state index in [1.165, 1.54) is 12.1 Å². The molecule has 1 aromatic heterocycles. The summed E-state index contributed by atoms with van der Waals surface area (Å²) in [5.41, 5.74) is -0.695. The van der Waals surface area contributed by atoms with Gasteiger partial charge < -0.3 is 15.5 Å². The summed E-state index contributed by atoms with van der Waals surface area (Å²) in [5, 5.41) is 5.51. The highest BCUT2D eigenvalue weighted by atomic mass is 19.4. The smallest absolute Gasteiger partial charge is 0.343 e. The molecule has 148 valence electrons. The molecular formula is C19H19F3N4O2. The minimum atomic E-state index is -4.65. The highest BCUT2D eigenvalue weighted by molar-refractivity contribution is 5.97. The number of hydrogen-bond acceptors (Lipinski definition) is 4. The molecule has 6 nitrogen and oxygen atoms in total. The lowest BCUT2D eigenvalue weighted by atomic mass is 10.0. The number of nitrogens with one attached hydrogen (secondary N) is 2. The molecule has 1 aliphatic heterocycles. The molecule has 2 aromatic rings. The maximum atomic E-state index is 13.1. The molecule has 0 spiro atoms. The quantitative estimate of drug-likeness (QED) is 0.835. The second-order valence-corrected chi connectivity index (χ2v) is 6.32. The van der Waals surface area contributed by atoms with Gasteiger partial charge in [-0.15, -0.1) is 0 Å². The van der Waals surface area contributed by atoms with Gasteiger partial charge in [0.1, 0.15) is 0 Å². The molecule has 3 rings (SSSR count). The van der Waals surface area contributed by atoms with Gasteiger partial charge in [-0.2, -0.15) is 13.2 Å². The summed E-state index contributed by atoms with van der Waals surface area (Å²) in [5.74, 6) is -1.30. The van der Waals surface area contributed by atoms with Crippen molar-refractivity contribution in [1.82, 2.24) is 20.5 Å². The molecule has 1 aliphatic rings. The summed E-state index contributed by atoms with van der Waals surface area (Å²) >= 11 is 0. The molecular weight excluding hydrogens is 373 g/mol. The van der Waals surface area contributed by atoms with Crippen LogP contribution in [0.5, 0.6) is 0 Å². The first-order chi connectivity index (χ1) is 13.4. The van der Waals surface area contributed by atoms with Crippen molar-refractivity contribution in [2.24, 2.45) is 0 Å². The van der Waals surface area contributed by atoms with Crippen LogP contribution in [0.15, 0.2) is 48.8 Å². The summed E-state index contributed by atoms with van der Waals surface area (Å²) in [6.07, 6.45) is -1.36. The number of hydrogen-bond donors (Lipinski definition) is 2. The number of pyridine rings is 1. The molecule has 28 heavy (non-hydrogen) atoms. The molecule has 1 aromatic carbocycles. The molecule has 1 unspecified atom stereocenters. The molecule has 2 heterocycles. The number of halogens is 3. The minimum absolute atomic E-state index is 0.255. The third-order valence-electron chi connectivity index (χ3n) is 4.51. The fourth-order valence-electron chi connectivity index (χ4n) is 3.15. The van der Waals surface area contributed by atoms with Crippen LogP contribution >= 0.6 is 0 Å². The lowest BCUT2D eigenvalue weighted by Gasteiger charge is -2.36. The maximum absolute atomic E-state index is 13.1. The average molecular weight is 392 g/mol. The van der Waals surface area contributed by atoms with Gasteiger partial charge in [0.25, 0.3) is 5.91 Å². The average Bonchev–Trinajstić information content (AvgIpc) is 2.71. The molecule has 0 aliphatic carbocycles. The van der Waals surface area contributed by atoms with E-state index in [-0.39, 0.29) is 18.5 Å². The largest absolute Gasteiger partial charge is 0.417 e. The number of nitrogens with zero attached hydrogens (tertiary/aromatic N) is 2. The molecule has 2 N–H and O–H groups in total. The first-order valence-corrected chi connectivity index (χ1v) is 8.72. The number of carbonyl (C=O) groups excluding carboxylic acids is 2. The zero-order valence-electron chi connectivity index (χ0n) is 14.9. The Morgan fingerprint density at radius 1 is 1.21 bits per heavy atom. The van der Waals surface area contributed by atoms with E-state index in [1.807, 2.05) is 6.07 Å². The molecule has 1 atom stereocenters. The fourth-order valence-corrected chi connectivity index (χ4v) is 3.15. The van der Waals surface area contributed by atoms with E-state index < -0.39 is 23.2 Å². The van der Waals surface area contributed by atoms with Crippen LogP contribution < -0.4 is 10.6 Å². The van der Waals surface area contributed by atoms with E-state index in [0.717, 1.165) is 17.7 Å². The van der Waals surface area contributed by atoms with Crippen LogP contribution in [0.2, 0.25) is 0 Å². The van der Waals surface area contributed by atoms with Gasteiger partial charge in [0.05, 0.1) is 23.7 Å². The first-order valence-electron chi connectivity index (χ1n) is 8.72. The number of amides is 2. The Labute approximate surface area is 159 Å². The number of rotatable bonds is 4. The van der Waals surface area contributed by atoms with Gasteiger partial charge >= 0.3 is 6.18 Å². The molecule has 0 bridgehead atoms. The number of carbonyl (C=O) groups is 2. The van der Waals surface area contributed by atoms with E-state index in [1.54, 1.807) is 23.4 Å². The first kappa shape index (κ1) is 19.8. The van der Waals surface area contributed by atoms with Crippen molar-refractivity contribution in [3.05, 3.63) is 65.5 Å². The van der Waals surface area contributed by atoms with Crippen molar-refractivity contribution in [2.75, 3.05) is 26.2 Å². The molecule has 1 fully saturated rings. The Morgan fingerprint density at radius 2 is 2.00 bits per heavy atom. The normalized spacial score (nSPS) is 17.2. The zero-order valence-corrected chi connectivity index (χ0v) is 14.9. The topological polar surface area (TPSA) is 74.3 Å². The molecule has 1 saturated heterocycles. The van der Waals surface area contributed by atoms with Gasteiger partial charge in [-0.25, -0.2) is 0 Å². The van der Waals surface area contributed by atoms with Crippen LogP contribution in [-0.4, -0.2) is 47.9 Å². The lowest BCUT2D eigenvalue weighted by molar-refractivity contribution is -0.137. The molecule has 0 saturated carbocycles. The predicted octanol–water partition coefficient (Wildman–Crippen LogP) is 2.00. The van der Waals surface area contributed by atoms with Gasteiger partial charge in [0.2, 0.25) is 5.91 Å². The van der Waals surface area contributed by atoms with E-state index in [9.17, 15) is 22.8 Å². The zero-order chi connectivity index (χ0) is 20.1. The molecule has 9 heteroatoms. The Kier molecular flexibility index (Phi) is 5.93. The second-order valence-electron chi connectivity index (χ2n) is 6.32. The van der Waals surface area contributed by atoms with Crippen molar-refractivity contribution in [3.63, 3.8) is 0 Å². The SMILES string of the molecule is O=C(NCC(=O)N1CCNCC1c1cccnc1)c1ccccc1C(F)(F)F. The van der Waals surface area contributed by atoms with E-state index in [4.69, 9.17) is 0 Å². The highest BCUT2D eigenvalue weighted by Crippen LogP contribution is 2.31. The predicted molar refractivity (Wildman–Crippen MR) is 95.3 cm³/mol. The van der Waals surface area contributed by atoms with Crippen molar-refractivity contribution in [1.29, 1.82) is 0 Å². The third kappa shape index (κ3) is 4.48. The van der Waals surface area contributed by atoms with Crippen LogP contribution in [0.4, 0.5) is 13.2 Å². The van der Waals surface area contributed by atoms with E-state index >= 15 is 0 Å². The number of benzene rings is 1. The van der Waals surface area contributed by atoms with Crippen molar-refractivity contribution in [2.45, 2.75) is 12.2 Å². The van der Waals surface area contributed by atoms with Gasteiger partial charge in [-0.3, -0.25) is 14.6 Å². The monoisotopic (exact) mass is 392 g/mol. The van der Waals surface area contributed by atoms with E-state index in [2.05, 4.69) is 15.6 Å². The van der Waals surface area contributed by atoms with Gasteiger partial charge in [0, 0.05) is 32.0 Å². The standard InChI is InChI=1S/C19H19F3N4O2/c20-19(21,22)15-6-2-1-5-14(15)18(28)25-12-17(27)26-9-8-24-11-16(26)13-4-3-7-23-10-13/h1-7,10,16,24H,8-9,11-12H2,(H,25,28). The van der Waals surface area contributed by atoms with Gasteiger partial charge in [0.15, 0.2) is 0 Å². The summed E-state index contributed by atoms with van der Waals surface area (Å²) in [6, 6.07) is 7.85. The Bertz CT molecular complexity index is 843. The second kappa shape index (κ2) is 8.39. The maximum Gasteiger partial charge on any atom is 0.417 e. The van der Waals surface area contributed by atoms with Crippen LogP contribution in [0.1, 0.15) is 27.5 Å². The van der Waals surface area contributed by atoms with Crippen LogP contribution in [0, 0.1) is 0 Å².